The van der Waals surface area contributed by atoms with Crippen molar-refractivity contribution in [3.8, 4) is 0 Å². The van der Waals surface area contributed by atoms with Crippen molar-refractivity contribution in [2.24, 2.45) is 11.8 Å². The average molecular weight is 348 g/mol. The van der Waals surface area contributed by atoms with Crippen LogP contribution in [0.3, 0.4) is 0 Å². The van der Waals surface area contributed by atoms with E-state index in [-0.39, 0.29) is 5.97 Å². The summed E-state index contributed by atoms with van der Waals surface area (Å²) < 4.78 is 5.77. The molecular weight excluding hydrogens is 320 g/mol. The Bertz CT molecular complexity index is 787. The minimum Gasteiger partial charge on any atom is -0.428 e. The molecule has 2 heteroatoms. The molecule has 0 saturated carbocycles. The number of benzene rings is 2. The molecule has 136 valence electrons. The van der Waals surface area contributed by atoms with Crippen molar-refractivity contribution in [2.75, 3.05) is 0 Å². The number of carbonyl (C=O) groups excluding carboxylic acids is 1. The second-order valence-corrected chi connectivity index (χ2v) is 8.03. The largest absolute Gasteiger partial charge is 0.428 e. The van der Waals surface area contributed by atoms with Crippen LogP contribution in [0.5, 0.6) is 0 Å². The van der Waals surface area contributed by atoms with Crippen molar-refractivity contribution in [1.29, 1.82) is 0 Å². The Hall–Kier alpha value is -2.35. The number of rotatable bonds is 6. The van der Waals surface area contributed by atoms with E-state index in [4.69, 9.17) is 4.74 Å². The van der Waals surface area contributed by atoms with Crippen LogP contribution in [-0.4, -0.2) is 5.97 Å². The van der Waals surface area contributed by atoms with Gasteiger partial charge >= 0.3 is 5.97 Å². The van der Waals surface area contributed by atoms with E-state index in [1.165, 1.54) is 0 Å². The van der Waals surface area contributed by atoms with E-state index in [0.717, 1.165) is 35.3 Å². The molecule has 0 bridgehead atoms. The number of cyclic esters (lactones) is 1. The fourth-order valence-electron chi connectivity index (χ4n) is 3.90. The summed E-state index contributed by atoms with van der Waals surface area (Å²) in [6.07, 6.45) is 1.65. The summed E-state index contributed by atoms with van der Waals surface area (Å²) in [5.74, 6) is 1.59. The number of esters is 1. The quantitative estimate of drug-likeness (QED) is 0.600. The Balaban J connectivity index is 2.21. The Morgan fingerprint density at radius 3 is 1.96 bits per heavy atom. The molecule has 1 unspecified atom stereocenters. The zero-order valence-corrected chi connectivity index (χ0v) is 16.2. The molecular formula is C24H28O2. The molecule has 0 spiro atoms. The standard InChI is InChI=1S/C24H28O2/c1-17(2)15-21(19-11-7-5-8-12-19)22-24(16-18(3)4,23(25)26-22)20-13-9-6-10-14-20/h5-14,17-18H,15-16H2,1-4H3/b22-21-. The maximum Gasteiger partial charge on any atom is 0.329 e. The van der Waals surface area contributed by atoms with Crippen LogP contribution in [0.15, 0.2) is 66.4 Å². The van der Waals surface area contributed by atoms with Gasteiger partial charge in [0.2, 0.25) is 0 Å². The molecule has 2 aromatic carbocycles. The molecule has 0 N–H and O–H groups in total. The summed E-state index contributed by atoms with van der Waals surface area (Å²) in [5.41, 5.74) is 2.68. The van der Waals surface area contributed by atoms with E-state index in [0.29, 0.717) is 11.8 Å². The molecule has 1 aliphatic rings. The fraction of sp³-hybridized carbons (Fsp3) is 0.375. The van der Waals surface area contributed by atoms with E-state index >= 15 is 0 Å². The van der Waals surface area contributed by atoms with Crippen LogP contribution in [-0.2, 0) is 14.9 Å². The number of hydrogen-bond donors (Lipinski definition) is 0. The highest BCUT2D eigenvalue weighted by atomic mass is 16.6. The van der Waals surface area contributed by atoms with Gasteiger partial charge in [-0.3, -0.25) is 4.79 Å². The van der Waals surface area contributed by atoms with Gasteiger partial charge in [-0.2, -0.15) is 0 Å². The summed E-state index contributed by atoms with van der Waals surface area (Å²) >= 11 is 0. The van der Waals surface area contributed by atoms with Gasteiger partial charge in [0.25, 0.3) is 0 Å². The first-order valence-electron chi connectivity index (χ1n) is 9.52. The predicted molar refractivity (Wildman–Crippen MR) is 106 cm³/mol. The molecule has 0 radical (unpaired) electrons. The normalized spacial score (nSPS) is 21.5. The Kier molecular flexibility index (Phi) is 5.31. The van der Waals surface area contributed by atoms with Gasteiger partial charge in [-0.15, -0.1) is 0 Å². The summed E-state index contributed by atoms with van der Waals surface area (Å²) in [7, 11) is 0. The van der Waals surface area contributed by atoms with Gasteiger partial charge in [0.05, 0.1) is 0 Å². The van der Waals surface area contributed by atoms with E-state index in [1.807, 2.05) is 36.4 Å². The van der Waals surface area contributed by atoms with Gasteiger partial charge in [-0.25, -0.2) is 0 Å². The zero-order chi connectivity index (χ0) is 18.7. The monoisotopic (exact) mass is 348 g/mol. The topological polar surface area (TPSA) is 26.3 Å². The van der Waals surface area contributed by atoms with Crippen LogP contribution in [0.1, 0.15) is 51.7 Å². The summed E-state index contributed by atoms with van der Waals surface area (Å²) in [4.78, 5) is 12.9. The second-order valence-electron chi connectivity index (χ2n) is 8.03. The number of hydrogen-bond acceptors (Lipinski definition) is 2. The van der Waals surface area contributed by atoms with E-state index in [2.05, 4.69) is 52.0 Å². The lowest BCUT2D eigenvalue weighted by Gasteiger charge is -2.44. The smallest absolute Gasteiger partial charge is 0.329 e. The van der Waals surface area contributed by atoms with Crippen LogP contribution in [0.2, 0.25) is 0 Å². The van der Waals surface area contributed by atoms with Crippen LogP contribution in [0.25, 0.3) is 5.57 Å². The third kappa shape index (κ3) is 3.33. The van der Waals surface area contributed by atoms with Crippen molar-refractivity contribution < 1.29 is 9.53 Å². The third-order valence-electron chi connectivity index (χ3n) is 4.92. The predicted octanol–water partition coefficient (Wildman–Crippen LogP) is 5.98. The van der Waals surface area contributed by atoms with Crippen molar-refractivity contribution in [3.63, 3.8) is 0 Å². The fourth-order valence-corrected chi connectivity index (χ4v) is 3.90. The Morgan fingerprint density at radius 2 is 1.46 bits per heavy atom. The lowest BCUT2D eigenvalue weighted by Crippen LogP contribution is -2.51. The molecule has 1 atom stereocenters. The molecule has 0 aromatic heterocycles. The maximum absolute atomic E-state index is 12.9. The van der Waals surface area contributed by atoms with Crippen LogP contribution >= 0.6 is 0 Å². The van der Waals surface area contributed by atoms with Gasteiger partial charge in [0, 0.05) is 0 Å². The van der Waals surface area contributed by atoms with Gasteiger partial charge in [-0.1, -0.05) is 88.4 Å². The molecule has 3 rings (SSSR count). The summed E-state index contributed by atoms with van der Waals surface area (Å²) in [6.45, 7) is 8.74. The molecule has 1 fully saturated rings. The van der Waals surface area contributed by atoms with E-state index < -0.39 is 5.41 Å². The van der Waals surface area contributed by atoms with Crippen LogP contribution in [0.4, 0.5) is 0 Å². The number of allylic oxidation sites excluding steroid dienone is 1. The zero-order valence-electron chi connectivity index (χ0n) is 16.2. The first-order chi connectivity index (χ1) is 12.4. The molecule has 0 amide bonds. The Labute approximate surface area is 156 Å². The minimum absolute atomic E-state index is 0.121. The van der Waals surface area contributed by atoms with E-state index in [9.17, 15) is 4.79 Å². The third-order valence-corrected chi connectivity index (χ3v) is 4.92. The van der Waals surface area contributed by atoms with Crippen molar-refractivity contribution in [1.82, 2.24) is 0 Å². The number of ether oxygens (including phenoxy) is 1. The van der Waals surface area contributed by atoms with Crippen LogP contribution < -0.4 is 0 Å². The molecule has 2 nitrogen and oxygen atoms in total. The molecule has 0 aliphatic carbocycles. The minimum atomic E-state index is -0.657. The van der Waals surface area contributed by atoms with Crippen molar-refractivity contribution >= 4 is 11.5 Å². The van der Waals surface area contributed by atoms with Gasteiger partial charge in [-0.05, 0) is 41.4 Å². The number of carbonyl (C=O) groups is 1. The van der Waals surface area contributed by atoms with Gasteiger partial charge in [0.1, 0.15) is 5.76 Å². The second kappa shape index (κ2) is 7.49. The molecule has 1 heterocycles. The van der Waals surface area contributed by atoms with Crippen LogP contribution in [0, 0.1) is 11.8 Å². The van der Waals surface area contributed by atoms with Gasteiger partial charge in [0.15, 0.2) is 5.41 Å². The maximum atomic E-state index is 12.9. The first kappa shape index (κ1) is 18.4. The van der Waals surface area contributed by atoms with Gasteiger partial charge < -0.3 is 4.74 Å². The molecule has 26 heavy (non-hydrogen) atoms. The highest BCUT2D eigenvalue weighted by molar-refractivity contribution is 5.98. The summed E-state index contributed by atoms with van der Waals surface area (Å²) in [5, 5.41) is 0. The van der Waals surface area contributed by atoms with Crippen molar-refractivity contribution in [3.05, 3.63) is 77.5 Å². The lowest BCUT2D eigenvalue weighted by atomic mass is 9.67. The summed E-state index contributed by atoms with van der Waals surface area (Å²) in [6, 6.07) is 20.5. The molecule has 2 aromatic rings. The average Bonchev–Trinajstić information content (AvgIpc) is 2.63. The molecule has 1 saturated heterocycles. The first-order valence-corrected chi connectivity index (χ1v) is 9.52. The SMILES string of the molecule is CC(C)C/C(=C1/OC(=O)C1(CC(C)C)c1ccccc1)c1ccccc1. The highest BCUT2D eigenvalue weighted by Gasteiger charge is 2.57. The molecule has 1 aliphatic heterocycles. The highest BCUT2D eigenvalue weighted by Crippen LogP contribution is 2.51. The van der Waals surface area contributed by atoms with E-state index in [1.54, 1.807) is 0 Å². The van der Waals surface area contributed by atoms with Crippen molar-refractivity contribution in [2.45, 2.75) is 46.0 Å². The Morgan fingerprint density at radius 1 is 0.885 bits per heavy atom. The lowest BCUT2D eigenvalue weighted by molar-refractivity contribution is -0.162.